The summed E-state index contributed by atoms with van der Waals surface area (Å²) in [6, 6.07) is 14.9. The normalized spacial score (nSPS) is 13.7. The molecule has 1 aromatic heterocycles. The Bertz CT molecular complexity index is 942. The molecule has 0 radical (unpaired) electrons. The highest BCUT2D eigenvalue weighted by molar-refractivity contribution is 7.14. The Morgan fingerprint density at radius 3 is 2.74 bits per heavy atom. The third-order valence-electron chi connectivity index (χ3n) is 4.00. The lowest BCUT2D eigenvalue weighted by Crippen LogP contribution is -2.30. The average Bonchev–Trinajstić information content (AvgIpc) is 3.17. The van der Waals surface area contributed by atoms with Crippen molar-refractivity contribution in [2.75, 3.05) is 18.5 Å². The highest BCUT2D eigenvalue weighted by atomic mass is 32.1. The van der Waals surface area contributed by atoms with E-state index in [1.54, 1.807) is 6.92 Å². The number of anilines is 1. The number of thiazole rings is 1. The van der Waals surface area contributed by atoms with Crippen LogP contribution in [0.5, 0.6) is 17.2 Å². The number of carbonyl (C=O) groups excluding carboxylic acids is 1. The van der Waals surface area contributed by atoms with Crippen LogP contribution in [0.1, 0.15) is 6.92 Å². The Hall–Kier alpha value is -3.06. The van der Waals surface area contributed by atoms with Crippen molar-refractivity contribution in [3.8, 4) is 28.5 Å². The second kappa shape index (κ2) is 7.67. The molecule has 7 heteroatoms. The van der Waals surface area contributed by atoms with E-state index >= 15 is 0 Å². The quantitative estimate of drug-likeness (QED) is 0.723. The van der Waals surface area contributed by atoms with Gasteiger partial charge in [-0.3, -0.25) is 10.1 Å². The van der Waals surface area contributed by atoms with Crippen molar-refractivity contribution in [3.63, 3.8) is 0 Å². The number of para-hydroxylation sites is 1. The van der Waals surface area contributed by atoms with Crippen molar-refractivity contribution in [2.45, 2.75) is 13.0 Å². The molecule has 138 valence electrons. The molecule has 27 heavy (non-hydrogen) atoms. The Morgan fingerprint density at radius 2 is 1.93 bits per heavy atom. The van der Waals surface area contributed by atoms with Crippen LogP contribution < -0.4 is 19.5 Å². The van der Waals surface area contributed by atoms with E-state index in [1.807, 2.05) is 53.9 Å². The predicted octanol–water partition coefficient (Wildman–Crippen LogP) is 3.99. The summed E-state index contributed by atoms with van der Waals surface area (Å²) in [6.45, 7) is 2.80. The van der Waals surface area contributed by atoms with Gasteiger partial charge >= 0.3 is 0 Å². The third kappa shape index (κ3) is 4.03. The first-order chi connectivity index (χ1) is 13.2. The van der Waals surface area contributed by atoms with Crippen LogP contribution in [0.25, 0.3) is 11.3 Å². The monoisotopic (exact) mass is 382 g/mol. The third-order valence-corrected chi connectivity index (χ3v) is 4.76. The molecule has 1 aliphatic rings. The average molecular weight is 382 g/mol. The van der Waals surface area contributed by atoms with E-state index in [0.29, 0.717) is 29.8 Å². The summed E-state index contributed by atoms with van der Waals surface area (Å²) in [7, 11) is 0. The number of hydrogen-bond donors (Lipinski definition) is 1. The summed E-state index contributed by atoms with van der Waals surface area (Å²) in [5, 5.41) is 5.22. The van der Waals surface area contributed by atoms with Gasteiger partial charge in [0.2, 0.25) is 0 Å². The molecule has 1 N–H and O–H groups in total. The van der Waals surface area contributed by atoms with E-state index in [1.165, 1.54) is 11.3 Å². The molecule has 0 saturated carbocycles. The van der Waals surface area contributed by atoms with Gasteiger partial charge in [-0.2, -0.15) is 0 Å². The first kappa shape index (κ1) is 17.4. The first-order valence-electron chi connectivity index (χ1n) is 8.57. The maximum absolute atomic E-state index is 12.3. The molecule has 1 amide bonds. The van der Waals surface area contributed by atoms with E-state index in [2.05, 4.69) is 10.3 Å². The summed E-state index contributed by atoms with van der Waals surface area (Å²) < 4.78 is 16.8. The van der Waals surface area contributed by atoms with Gasteiger partial charge in [-0.25, -0.2) is 4.98 Å². The van der Waals surface area contributed by atoms with Crippen LogP contribution in [-0.2, 0) is 4.79 Å². The van der Waals surface area contributed by atoms with Gasteiger partial charge in [0.15, 0.2) is 22.7 Å². The molecule has 0 saturated heterocycles. The zero-order chi connectivity index (χ0) is 18.6. The fourth-order valence-corrected chi connectivity index (χ4v) is 3.35. The summed E-state index contributed by atoms with van der Waals surface area (Å²) in [5.74, 6) is 1.85. The van der Waals surface area contributed by atoms with Crippen LogP contribution >= 0.6 is 11.3 Å². The van der Waals surface area contributed by atoms with Crippen molar-refractivity contribution in [3.05, 3.63) is 53.9 Å². The molecular formula is C20H18N2O4S. The number of nitrogens with zero attached hydrogens (tertiary/aromatic N) is 1. The lowest BCUT2D eigenvalue weighted by Gasteiger charge is -2.18. The number of amides is 1. The van der Waals surface area contributed by atoms with Gasteiger partial charge in [-0.05, 0) is 37.3 Å². The van der Waals surface area contributed by atoms with Crippen LogP contribution in [0, 0.1) is 0 Å². The van der Waals surface area contributed by atoms with Crippen molar-refractivity contribution in [2.24, 2.45) is 0 Å². The molecule has 2 heterocycles. The van der Waals surface area contributed by atoms with Crippen LogP contribution in [0.3, 0.4) is 0 Å². The molecule has 0 fully saturated rings. The van der Waals surface area contributed by atoms with Gasteiger partial charge in [0.1, 0.15) is 19.0 Å². The molecule has 4 rings (SSSR count). The van der Waals surface area contributed by atoms with Crippen molar-refractivity contribution < 1.29 is 19.0 Å². The lowest BCUT2D eigenvalue weighted by atomic mass is 10.1. The van der Waals surface area contributed by atoms with Crippen LogP contribution in [0.4, 0.5) is 5.13 Å². The zero-order valence-electron chi connectivity index (χ0n) is 14.7. The minimum Gasteiger partial charge on any atom is -0.486 e. The Labute approximate surface area is 160 Å². The van der Waals surface area contributed by atoms with Crippen molar-refractivity contribution >= 4 is 22.4 Å². The molecular weight excluding hydrogens is 364 g/mol. The Balaban J connectivity index is 1.42. The van der Waals surface area contributed by atoms with Gasteiger partial charge in [0, 0.05) is 10.9 Å². The van der Waals surface area contributed by atoms with E-state index in [9.17, 15) is 4.79 Å². The van der Waals surface area contributed by atoms with Gasteiger partial charge < -0.3 is 14.2 Å². The number of nitrogens with one attached hydrogen (secondary N) is 1. The molecule has 0 bridgehead atoms. The minimum atomic E-state index is -0.631. The maximum atomic E-state index is 12.3. The molecule has 3 aromatic rings. The second-order valence-corrected chi connectivity index (χ2v) is 6.82. The number of ether oxygens (including phenoxy) is 3. The number of rotatable bonds is 5. The number of carbonyl (C=O) groups is 1. The van der Waals surface area contributed by atoms with E-state index in [-0.39, 0.29) is 5.91 Å². The molecule has 0 aliphatic carbocycles. The van der Waals surface area contributed by atoms with Crippen LogP contribution in [-0.4, -0.2) is 30.2 Å². The molecule has 6 nitrogen and oxygen atoms in total. The Morgan fingerprint density at radius 1 is 1.15 bits per heavy atom. The summed E-state index contributed by atoms with van der Waals surface area (Å²) >= 11 is 1.36. The number of benzene rings is 2. The van der Waals surface area contributed by atoms with E-state index in [0.717, 1.165) is 17.0 Å². The van der Waals surface area contributed by atoms with E-state index < -0.39 is 6.10 Å². The second-order valence-electron chi connectivity index (χ2n) is 5.96. The summed E-state index contributed by atoms with van der Waals surface area (Å²) in [6.07, 6.45) is -0.631. The number of hydrogen-bond acceptors (Lipinski definition) is 6. The van der Waals surface area contributed by atoms with Gasteiger partial charge in [0.05, 0.1) is 5.69 Å². The lowest BCUT2D eigenvalue weighted by molar-refractivity contribution is -0.122. The fourth-order valence-electron chi connectivity index (χ4n) is 2.63. The van der Waals surface area contributed by atoms with Gasteiger partial charge in [-0.15, -0.1) is 11.3 Å². The highest BCUT2D eigenvalue weighted by Gasteiger charge is 2.18. The number of fused-ring (bicyclic) bond motifs is 1. The molecule has 1 atom stereocenters. The largest absolute Gasteiger partial charge is 0.486 e. The smallest absolute Gasteiger partial charge is 0.266 e. The molecule has 2 aromatic carbocycles. The number of aromatic nitrogens is 1. The first-order valence-corrected chi connectivity index (χ1v) is 9.45. The Kier molecular flexibility index (Phi) is 4.93. The van der Waals surface area contributed by atoms with Crippen molar-refractivity contribution in [1.29, 1.82) is 0 Å². The zero-order valence-corrected chi connectivity index (χ0v) is 15.5. The van der Waals surface area contributed by atoms with Gasteiger partial charge in [-0.1, -0.05) is 18.2 Å². The SMILES string of the molecule is CC(Oc1ccccc1)C(=O)Nc1nc(-c2ccc3c(c2)OCCO3)cs1. The van der Waals surface area contributed by atoms with Crippen molar-refractivity contribution in [1.82, 2.24) is 4.98 Å². The van der Waals surface area contributed by atoms with Crippen LogP contribution in [0.15, 0.2) is 53.9 Å². The summed E-state index contributed by atoms with van der Waals surface area (Å²) in [5.41, 5.74) is 1.67. The maximum Gasteiger partial charge on any atom is 0.266 e. The highest BCUT2D eigenvalue weighted by Crippen LogP contribution is 2.35. The molecule has 1 aliphatic heterocycles. The topological polar surface area (TPSA) is 69.7 Å². The predicted molar refractivity (Wildman–Crippen MR) is 104 cm³/mol. The molecule has 1 unspecified atom stereocenters. The van der Waals surface area contributed by atoms with E-state index in [4.69, 9.17) is 14.2 Å². The fraction of sp³-hybridized carbons (Fsp3) is 0.200. The minimum absolute atomic E-state index is 0.248. The van der Waals surface area contributed by atoms with Crippen LogP contribution in [0.2, 0.25) is 0 Å². The molecule has 0 spiro atoms. The summed E-state index contributed by atoms with van der Waals surface area (Å²) in [4.78, 5) is 16.8. The van der Waals surface area contributed by atoms with Gasteiger partial charge in [0.25, 0.3) is 5.91 Å². The standard InChI is InChI=1S/C20H18N2O4S/c1-13(26-15-5-3-2-4-6-15)19(23)22-20-21-16(12-27-20)14-7-8-17-18(11-14)25-10-9-24-17/h2-8,11-13H,9-10H2,1H3,(H,21,22,23).